The number of hydrogen-bond acceptors (Lipinski definition) is 3. The summed E-state index contributed by atoms with van der Waals surface area (Å²) in [7, 11) is 1.89. The lowest BCUT2D eigenvalue weighted by atomic mass is 10.0. The first-order valence-electron chi connectivity index (χ1n) is 5.84. The molecular formula is C13H20N2O2. The Morgan fingerprint density at radius 1 is 1.47 bits per heavy atom. The highest BCUT2D eigenvalue weighted by atomic mass is 16.4. The monoisotopic (exact) mass is 236 g/mol. The molecule has 1 heterocycles. The maximum atomic E-state index is 11.1. The Morgan fingerprint density at radius 3 is 2.65 bits per heavy atom. The molecule has 0 saturated carbocycles. The van der Waals surface area contributed by atoms with E-state index in [-0.39, 0.29) is 11.6 Å². The van der Waals surface area contributed by atoms with Gasteiger partial charge in [0.15, 0.2) is 0 Å². The van der Waals surface area contributed by atoms with Crippen molar-refractivity contribution >= 4 is 11.8 Å². The molecule has 1 aromatic heterocycles. The van der Waals surface area contributed by atoms with Crippen LogP contribution < -0.4 is 4.90 Å². The van der Waals surface area contributed by atoms with Gasteiger partial charge in [0.1, 0.15) is 11.4 Å². The molecule has 1 aromatic rings. The second-order valence-corrected chi connectivity index (χ2v) is 4.77. The summed E-state index contributed by atoms with van der Waals surface area (Å²) in [5, 5.41) is 9.11. The van der Waals surface area contributed by atoms with Crippen LogP contribution in [0.3, 0.4) is 0 Å². The minimum absolute atomic E-state index is 0.255. The van der Waals surface area contributed by atoms with E-state index in [2.05, 4.69) is 25.8 Å². The molecule has 0 fully saturated rings. The molecule has 17 heavy (non-hydrogen) atoms. The van der Waals surface area contributed by atoms with Crippen LogP contribution in [0.1, 0.15) is 37.6 Å². The summed E-state index contributed by atoms with van der Waals surface area (Å²) in [5.74, 6) is 0.175. The molecule has 1 atom stereocenters. The quantitative estimate of drug-likeness (QED) is 0.854. The first-order chi connectivity index (χ1) is 7.93. The molecule has 4 nitrogen and oxygen atoms in total. The van der Waals surface area contributed by atoms with Gasteiger partial charge in [0.25, 0.3) is 0 Å². The van der Waals surface area contributed by atoms with Gasteiger partial charge in [-0.15, -0.1) is 0 Å². The Hall–Kier alpha value is -1.58. The number of carbonyl (C=O) groups is 1. The highest BCUT2D eigenvalue weighted by Gasteiger charge is 2.18. The first kappa shape index (κ1) is 13.5. The van der Waals surface area contributed by atoms with Gasteiger partial charge in [0.05, 0.1) is 0 Å². The van der Waals surface area contributed by atoms with Crippen LogP contribution >= 0.6 is 0 Å². The molecule has 0 radical (unpaired) electrons. The number of hydrogen-bond donors (Lipinski definition) is 1. The summed E-state index contributed by atoms with van der Waals surface area (Å²) < 4.78 is 0. The zero-order chi connectivity index (χ0) is 13.0. The molecule has 4 heteroatoms. The van der Waals surface area contributed by atoms with Gasteiger partial charge in [0.2, 0.25) is 0 Å². The number of rotatable bonds is 5. The maximum Gasteiger partial charge on any atom is 0.339 e. The minimum atomic E-state index is -0.934. The van der Waals surface area contributed by atoms with Crippen LogP contribution in [0.2, 0.25) is 0 Å². The standard InChI is InChI=1S/C13H20N2O2/c1-9(2)8-10(3)15(4)12-11(13(16)17)6-5-7-14-12/h5-7,9-10H,8H2,1-4H3,(H,16,17). The molecule has 0 aliphatic rings. The van der Waals surface area contributed by atoms with Crippen molar-refractivity contribution in [3.8, 4) is 0 Å². The minimum Gasteiger partial charge on any atom is -0.478 e. The average Bonchev–Trinajstić information content (AvgIpc) is 2.27. The van der Waals surface area contributed by atoms with E-state index in [0.29, 0.717) is 11.7 Å². The first-order valence-corrected chi connectivity index (χ1v) is 5.84. The van der Waals surface area contributed by atoms with Crippen molar-refractivity contribution in [1.29, 1.82) is 0 Å². The van der Waals surface area contributed by atoms with Crippen LogP contribution in [0, 0.1) is 5.92 Å². The van der Waals surface area contributed by atoms with Crippen LogP contribution in [-0.2, 0) is 0 Å². The lowest BCUT2D eigenvalue weighted by Crippen LogP contribution is -2.32. The van der Waals surface area contributed by atoms with Crippen molar-refractivity contribution in [1.82, 2.24) is 4.98 Å². The molecule has 0 saturated heterocycles. The average molecular weight is 236 g/mol. The van der Waals surface area contributed by atoms with Gasteiger partial charge in [-0.05, 0) is 31.4 Å². The molecule has 0 aliphatic carbocycles. The van der Waals surface area contributed by atoms with E-state index >= 15 is 0 Å². The molecule has 0 amide bonds. The number of aromatic carboxylic acids is 1. The highest BCUT2D eigenvalue weighted by Crippen LogP contribution is 2.20. The number of carboxylic acid groups (broad SMARTS) is 1. The van der Waals surface area contributed by atoms with E-state index in [0.717, 1.165) is 6.42 Å². The van der Waals surface area contributed by atoms with Crippen molar-refractivity contribution in [3.05, 3.63) is 23.9 Å². The third-order valence-corrected chi connectivity index (χ3v) is 2.82. The van der Waals surface area contributed by atoms with E-state index in [4.69, 9.17) is 5.11 Å². The zero-order valence-corrected chi connectivity index (χ0v) is 10.8. The summed E-state index contributed by atoms with van der Waals surface area (Å²) in [6.45, 7) is 6.39. The molecule has 0 spiro atoms. The maximum absolute atomic E-state index is 11.1. The van der Waals surface area contributed by atoms with Crippen molar-refractivity contribution in [2.75, 3.05) is 11.9 Å². The van der Waals surface area contributed by atoms with Crippen LogP contribution in [0.15, 0.2) is 18.3 Å². The molecule has 0 bridgehead atoms. The molecule has 1 rings (SSSR count). The van der Waals surface area contributed by atoms with Gasteiger partial charge in [0, 0.05) is 19.3 Å². The predicted octanol–water partition coefficient (Wildman–Crippen LogP) is 2.65. The molecule has 0 aromatic carbocycles. The van der Waals surface area contributed by atoms with Crippen LogP contribution in [0.4, 0.5) is 5.82 Å². The van der Waals surface area contributed by atoms with Crippen LogP contribution in [-0.4, -0.2) is 29.1 Å². The molecule has 1 unspecified atom stereocenters. The third-order valence-electron chi connectivity index (χ3n) is 2.82. The Balaban J connectivity index is 2.95. The van der Waals surface area contributed by atoms with Crippen molar-refractivity contribution in [3.63, 3.8) is 0 Å². The SMILES string of the molecule is CC(C)CC(C)N(C)c1ncccc1C(=O)O. The van der Waals surface area contributed by atoms with Crippen molar-refractivity contribution in [2.24, 2.45) is 5.92 Å². The second-order valence-electron chi connectivity index (χ2n) is 4.77. The summed E-state index contributed by atoms with van der Waals surface area (Å²) >= 11 is 0. The lowest BCUT2D eigenvalue weighted by Gasteiger charge is -2.28. The van der Waals surface area contributed by atoms with Crippen LogP contribution in [0.25, 0.3) is 0 Å². The number of aromatic nitrogens is 1. The molecular weight excluding hydrogens is 216 g/mol. The summed E-state index contributed by atoms with van der Waals surface area (Å²) in [4.78, 5) is 17.2. The molecule has 94 valence electrons. The fourth-order valence-corrected chi connectivity index (χ4v) is 1.89. The van der Waals surface area contributed by atoms with Gasteiger partial charge in [-0.25, -0.2) is 9.78 Å². The van der Waals surface area contributed by atoms with Gasteiger partial charge >= 0.3 is 5.97 Å². The highest BCUT2D eigenvalue weighted by molar-refractivity contribution is 5.93. The third kappa shape index (κ3) is 3.44. The van der Waals surface area contributed by atoms with E-state index in [1.807, 2.05) is 11.9 Å². The number of nitrogens with zero attached hydrogens (tertiary/aromatic N) is 2. The summed E-state index contributed by atoms with van der Waals surface area (Å²) in [5.41, 5.74) is 0.255. The largest absolute Gasteiger partial charge is 0.478 e. The zero-order valence-electron chi connectivity index (χ0n) is 10.8. The van der Waals surface area contributed by atoms with Gasteiger partial charge in [-0.2, -0.15) is 0 Å². The Bertz CT molecular complexity index is 391. The number of pyridine rings is 1. The van der Waals surface area contributed by atoms with Gasteiger partial charge in [-0.1, -0.05) is 13.8 Å². The van der Waals surface area contributed by atoms with E-state index < -0.39 is 5.97 Å². The fraction of sp³-hybridized carbons (Fsp3) is 0.538. The topological polar surface area (TPSA) is 53.4 Å². The molecule has 1 N–H and O–H groups in total. The van der Waals surface area contributed by atoms with Crippen molar-refractivity contribution < 1.29 is 9.90 Å². The normalized spacial score (nSPS) is 12.5. The van der Waals surface area contributed by atoms with Gasteiger partial charge in [-0.3, -0.25) is 0 Å². The fourth-order valence-electron chi connectivity index (χ4n) is 1.89. The van der Waals surface area contributed by atoms with Crippen molar-refractivity contribution in [2.45, 2.75) is 33.2 Å². The van der Waals surface area contributed by atoms with E-state index in [9.17, 15) is 4.79 Å². The number of anilines is 1. The Labute approximate surface area is 102 Å². The Morgan fingerprint density at radius 2 is 2.12 bits per heavy atom. The van der Waals surface area contributed by atoms with E-state index in [1.165, 1.54) is 0 Å². The number of carboxylic acids is 1. The van der Waals surface area contributed by atoms with Gasteiger partial charge < -0.3 is 10.0 Å². The Kier molecular flexibility index (Phi) is 4.49. The second kappa shape index (κ2) is 5.66. The molecule has 0 aliphatic heterocycles. The lowest BCUT2D eigenvalue weighted by molar-refractivity contribution is 0.0697. The summed E-state index contributed by atoms with van der Waals surface area (Å²) in [6.07, 6.45) is 2.63. The summed E-state index contributed by atoms with van der Waals surface area (Å²) in [6, 6.07) is 3.50. The smallest absolute Gasteiger partial charge is 0.339 e. The van der Waals surface area contributed by atoms with Crippen LogP contribution in [0.5, 0.6) is 0 Å². The predicted molar refractivity (Wildman–Crippen MR) is 68.5 cm³/mol. The van der Waals surface area contributed by atoms with E-state index in [1.54, 1.807) is 18.3 Å².